The highest BCUT2D eigenvalue weighted by atomic mass is 19.4. The molecule has 352 valence electrons. The Morgan fingerprint density at radius 2 is 0.909 bits per heavy atom. The first-order chi connectivity index (χ1) is 31.3. The second-order valence-corrected chi connectivity index (χ2v) is 15.5. The molecule has 2 N–H and O–H groups in total. The number of ether oxygens (including phenoxy) is 4. The number of fused-ring (bicyclic) bond motifs is 2. The van der Waals surface area contributed by atoms with E-state index in [0.29, 0.717) is 12.1 Å². The Bertz CT molecular complexity index is 2300. The smallest absolute Gasteiger partial charge is 0.418 e. The topological polar surface area (TPSA) is 238 Å². The molecule has 2 saturated heterocycles. The third kappa shape index (κ3) is 12.0. The summed E-state index contributed by atoms with van der Waals surface area (Å²) in [6.45, 7) is 0.919. The van der Waals surface area contributed by atoms with Crippen molar-refractivity contribution in [3.8, 4) is 11.5 Å². The third-order valence-corrected chi connectivity index (χ3v) is 11.2. The van der Waals surface area contributed by atoms with Crippen LogP contribution in [-0.2, 0) is 44.1 Å². The van der Waals surface area contributed by atoms with Crippen LogP contribution in [0.3, 0.4) is 0 Å². The van der Waals surface area contributed by atoms with E-state index in [0.717, 1.165) is 29.0 Å². The molecule has 0 saturated carbocycles. The van der Waals surface area contributed by atoms with Crippen LogP contribution < -0.4 is 0 Å². The van der Waals surface area contributed by atoms with E-state index in [1.54, 1.807) is 0 Å². The van der Waals surface area contributed by atoms with Gasteiger partial charge in [0.05, 0.1) is 96.6 Å². The number of nitrogens with zero attached hydrogens (tertiary/aromatic N) is 8. The van der Waals surface area contributed by atoms with Crippen molar-refractivity contribution >= 4 is 34.1 Å². The molecule has 0 spiro atoms. The quantitative estimate of drug-likeness (QED) is 0.0501. The predicted molar refractivity (Wildman–Crippen MR) is 219 cm³/mol. The molecule has 0 amide bonds. The fourth-order valence-electron chi connectivity index (χ4n) is 7.76. The lowest BCUT2D eigenvalue weighted by Crippen LogP contribution is -2.57. The third-order valence-electron chi connectivity index (χ3n) is 11.2. The zero-order valence-corrected chi connectivity index (χ0v) is 34.8. The molecule has 2 bridgehead atoms. The Balaban J connectivity index is 1.41. The number of phenols is 2. The van der Waals surface area contributed by atoms with Gasteiger partial charge < -0.3 is 39.4 Å². The van der Waals surface area contributed by atoms with Gasteiger partial charge in [-0.1, -0.05) is 0 Å². The van der Waals surface area contributed by atoms with Gasteiger partial charge in [-0.3, -0.25) is 20.2 Å². The fourth-order valence-corrected chi connectivity index (χ4v) is 7.76. The van der Waals surface area contributed by atoms with Crippen LogP contribution in [0.4, 0.5) is 60.5 Å². The van der Waals surface area contributed by atoms with E-state index in [-0.39, 0.29) is 125 Å². The molecule has 18 nitrogen and oxygen atoms in total. The summed E-state index contributed by atoms with van der Waals surface area (Å²) in [6.07, 6.45) is -9.97. The lowest BCUT2D eigenvalue weighted by Gasteiger charge is -2.45. The van der Waals surface area contributed by atoms with Gasteiger partial charge >= 0.3 is 12.4 Å². The van der Waals surface area contributed by atoms with Gasteiger partial charge in [0.2, 0.25) is 0 Å². The standard InChI is InChI=1S/C42H42F6N8O10/c43-41(44,45)33-23-31(54(59)60)3-5-35(33)52-50-29-1-7-37(57)27(21-29)25-39-9-13-63-17-19-65-15-11-40(56(39)49,12-16-66-20-18-64-14-10-39)26-28-22-30(2-8-38(28)58)51-53-36-6-4-32(55(61)62)24-34(36)42(46,47)48/h1-8,21-24,57-58H,9-20,25-26H2. The molecule has 2 heterocycles. The van der Waals surface area contributed by atoms with Crippen LogP contribution in [0.25, 0.3) is 5.53 Å². The van der Waals surface area contributed by atoms with Crippen molar-refractivity contribution in [2.45, 2.75) is 62.0 Å². The maximum absolute atomic E-state index is 13.9. The zero-order chi connectivity index (χ0) is 47.7. The van der Waals surface area contributed by atoms with Gasteiger partial charge in [-0.05, 0) is 48.5 Å². The summed E-state index contributed by atoms with van der Waals surface area (Å²) in [6, 6.07) is 11.8. The van der Waals surface area contributed by atoms with E-state index in [1.165, 1.54) is 36.4 Å². The van der Waals surface area contributed by atoms with Crippen LogP contribution in [0, 0.1) is 20.2 Å². The van der Waals surface area contributed by atoms with Crippen molar-refractivity contribution < 1.29 is 70.0 Å². The van der Waals surface area contributed by atoms with Crippen molar-refractivity contribution in [2.24, 2.45) is 20.5 Å². The molecular formula is C42H42F6N8O10. The lowest BCUT2D eigenvalue weighted by molar-refractivity contribution is -0.699. The van der Waals surface area contributed by atoms with E-state index in [4.69, 9.17) is 18.9 Å². The number of phenolic OH excluding ortho intramolecular Hbond substituents is 2. The van der Waals surface area contributed by atoms with Crippen molar-refractivity contribution in [3.05, 3.63) is 121 Å². The minimum Gasteiger partial charge on any atom is -0.508 e. The molecule has 6 rings (SSSR count). The minimum atomic E-state index is -5.02. The molecule has 24 heteroatoms. The van der Waals surface area contributed by atoms with Gasteiger partial charge in [-0.15, -0.1) is 10.2 Å². The number of nitro benzene ring substituents is 2. The lowest BCUT2D eigenvalue weighted by atomic mass is 9.76. The van der Waals surface area contributed by atoms with Crippen molar-refractivity contribution in [1.29, 1.82) is 0 Å². The molecule has 0 unspecified atom stereocenters. The van der Waals surface area contributed by atoms with E-state index in [1.807, 2.05) is 0 Å². The average molecular weight is 933 g/mol. The van der Waals surface area contributed by atoms with Gasteiger partial charge in [0.25, 0.3) is 11.4 Å². The summed E-state index contributed by atoms with van der Waals surface area (Å²) < 4.78 is 108. The molecule has 0 radical (unpaired) electrons. The second kappa shape index (κ2) is 20.8. The minimum absolute atomic E-state index is 0.0176. The summed E-state index contributed by atoms with van der Waals surface area (Å²) in [5, 5.41) is 60.4. The maximum Gasteiger partial charge on any atom is 0.418 e. The Labute approximate surface area is 371 Å². The zero-order valence-electron chi connectivity index (χ0n) is 34.8. The first kappa shape index (κ1) is 48.9. The van der Waals surface area contributed by atoms with E-state index in [9.17, 15) is 62.3 Å². The highest BCUT2D eigenvalue weighted by molar-refractivity contribution is 5.56. The molecule has 2 fully saturated rings. The number of benzene rings is 4. The first-order valence-electron chi connectivity index (χ1n) is 20.3. The van der Waals surface area contributed by atoms with E-state index < -0.39 is 67.2 Å². The van der Waals surface area contributed by atoms with Crippen molar-refractivity contribution in [2.75, 3.05) is 52.9 Å². The fraction of sp³-hybridized carbons (Fsp3) is 0.429. The van der Waals surface area contributed by atoms with Gasteiger partial charge in [-0.25, -0.2) is 0 Å². The van der Waals surface area contributed by atoms with Crippen LogP contribution in [0.5, 0.6) is 11.5 Å². The van der Waals surface area contributed by atoms with E-state index in [2.05, 4.69) is 20.5 Å². The number of alkyl halides is 6. The van der Waals surface area contributed by atoms with E-state index >= 15 is 0 Å². The highest BCUT2D eigenvalue weighted by Crippen LogP contribution is 2.44. The monoisotopic (exact) mass is 932 g/mol. The predicted octanol–water partition coefficient (Wildman–Crippen LogP) is 10.7. The van der Waals surface area contributed by atoms with Gasteiger partial charge in [-0.2, -0.15) is 36.6 Å². The molecule has 0 atom stereocenters. The largest absolute Gasteiger partial charge is 0.508 e. The summed E-state index contributed by atoms with van der Waals surface area (Å²) in [5.74, 6) is -0.550. The number of halogens is 6. The number of hydrogen-bond acceptors (Lipinski definition) is 14. The number of nitro groups is 2. The normalized spacial score (nSPS) is 20.7. The first-order valence-corrected chi connectivity index (χ1v) is 20.3. The Morgan fingerprint density at radius 1 is 0.561 bits per heavy atom. The van der Waals surface area contributed by atoms with Gasteiger partial charge in [0, 0.05) is 73.9 Å². The van der Waals surface area contributed by atoms with Crippen LogP contribution >= 0.6 is 0 Å². The average Bonchev–Trinajstić information content (AvgIpc) is 3.31. The molecule has 0 aliphatic carbocycles. The number of non-ortho nitro benzene ring substituents is 2. The molecular weight excluding hydrogens is 890 g/mol. The molecule has 0 aromatic heterocycles. The molecule has 2 aliphatic heterocycles. The van der Waals surface area contributed by atoms with Gasteiger partial charge in [0.1, 0.15) is 11.5 Å². The summed E-state index contributed by atoms with van der Waals surface area (Å²) in [4.78, 5) is 20.5. The summed E-state index contributed by atoms with van der Waals surface area (Å²) in [5.41, 5.74) is 4.68. The summed E-state index contributed by atoms with van der Waals surface area (Å²) >= 11 is 0. The van der Waals surface area contributed by atoms with Crippen LogP contribution in [0.2, 0.25) is 0 Å². The Morgan fingerprint density at radius 3 is 1.23 bits per heavy atom. The Kier molecular flexibility index (Phi) is 15.4. The second-order valence-electron chi connectivity index (χ2n) is 15.5. The maximum atomic E-state index is 13.9. The number of aromatic hydroxyl groups is 2. The SMILES string of the molecule is [N-]=[N+]1C2(Cc3cc(N=Nc4ccc([N+](=O)[O-])cc4C(F)(F)F)ccc3O)CCOCCOCCC1(Cc1cc(N=Nc3ccc([N+](=O)[O-])cc3C(F)(F)F)ccc1O)CCOCCOCC2. The number of rotatable bonds is 10. The molecule has 4 aromatic carbocycles. The number of hydrogen-bond donors (Lipinski definition) is 2. The molecule has 4 aromatic rings. The number of azo groups is 2. The van der Waals surface area contributed by atoms with Crippen molar-refractivity contribution in [1.82, 2.24) is 0 Å². The van der Waals surface area contributed by atoms with Crippen molar-refractivity contribution in [3.63, 3.8) is 0 Å². The molecule has 2 aliphatic rings. The van der Waals surface area contributed by atoms with Crippen LogP contribution in [0.15, 0.2) is 93.3 Å². The highest BCUT2D eigenvalue weighted by Gasteiger charge is 2.50. The Hall–Kier alpha value is -6.50. The van der Waals surface area contributed by atoms with Gasteiger partial charge in [0.15, 0.2) is 11.1 Å². The van der Waals surface area contributed by atoms with Crippen LogP contribution in [-0.4, -0.2) is 88.7 Å². The summed E-state index contributed by atoms with van der Waals surface area (Å²) in [7, 11) is 0. The van der Waals surface area contributed by atoms with Crippen LogP contribution in [0.1, 0.15) is 47.9 Å². The molecule has 66 heavy (non-hydrogen) atoms.